The maximum atomic E-state index is 11.9. The fourth-order valence-corrected chi connectivity index (χ4v) is 1.95. The van der Waals surface area contributed by atoms with Gasteiger partial charge in [-0.1, -0.05) is 23.2 Å². The van der Waals surface area contributed by atoms with Crippen LogP contribution in [0.3, 0.4) is 0 Å². The first-order valence-electron chi connectivity index (χ1n) is 5.66. The minimum absolute atomic E-state index is 0.160. The minimum Gasteiger partial charge on any atom is -0.398 e. The number of anilines is 2. The summed E-state index contributed by atoms with van der Waals surface area (Å²) in [5, 5.41) is 3.40. The summed E-state index contributed by atoms with van der Waals surface area (Å²) in [5.41, 5.74) is 6.05. The second kappa shape index (κ2) is 5.98. The van der Waals surface area contributed by atoms with Crippen molar-refractivity contribution >= 4 is 40.5 Å². The van der Waals surface area contributed by atoms with Crippen LogP contribution in [0.15, 0.2) is 41.3 Å². The summed E-state index contributed by atoms with van der Waals surface area (Å²) in [6.07, 6.45) is 1.40. The maximum Gasteiger partial charge on any atom is 0.251 e. The molecule has 7 heteroatoms. The molecule has 5 nitrogen and oxygen atoms in total. The fraction of sp³-hybridized carbons (Fsp3) is 0.0769. The first kappa shape index (κ1) is 14.4. The highest BCUT2D eigenvalue weighted by Crippen LogP contribution is 2.25. The number of rotatable bonds is 3. The molecule has 1 heterocycles. The molecule has 0 atom stereocenters. The Balaban J connectivity index is 2.15. The van der Waals surface area contributed by atoms with Crippen molar-refractivity contribution in [3.05, 3.63) is 56.9 Å². The zero-order chi connectivity index (χ0) is 14.7. The lowest BCUT2D eigenvalue weighted by Gasteiger charge is -2.09. The number of amides is 1. The molecule has 1 aromatic heterocycles. The Morgan fingerprint density at radius 1 is 1.25 bits per heavy atom. The first-order valence-corrected chi connectivity index (χ1v) is 6.42. The molecule has 0 bridgehead atoms. The molecular weight excluding hydrogens is 301 g/mol. The van der Waals surface area contributed by atoms with Crippen molar-refractivity contribution in [2.75, 3.05) is 11.1 Å². The topological polar surface area (TPSA) is 77.1 Å². The second-order valence-corrected chi connectivity index (χ2v) is 4.94. The normalized spacial score (nSPS) is 10.3. The molecule has 2 aromatic rings. The Labute approximate surface area is 124 Å². The number of carbonyl (C=O) groups excluding carboxylic acids is 1. The number of nitrogens with two attached hydrogens (primary N) is 1. The monoisotopic (exact) mass is 311 g/mol. The highest BCUT2D eigenvalue weighted by molar-refractivity contribution is 6.35. The molecule has 0 radical (unpaired) electrons. The van der Waals surface area contributed by atoms with Gasteiger partial charge in [-0.15, -0.1) is 0 Å². The molecule has 0 fully saturated rings. The van der Waals surface area contributed by atoms with Gasteiger partial charge in [0.2, 0.25) is 5.91 Å². The van der Waals surface area contributed by atoms with Gasteiger partial charge in [-0.2, -0.15) is 0 Å². The Morgan fingerprint density at radius 2 is 2.00 bits per heavy atom. The number of pyridine rings is 1. The third-order valence-corrected chi connectivity index (χ3v) is 3.09. The molecule has 1 amide bonds. The van der Waals surface area contributed by atoms with Crippen LogP contribution >= 0.6 is 23.2 Å². The van der Waals surface area contributed by atoms with E-state index in [2.05, 4.69) is 5.32 Å². The predicted molar refractivity (Wildman–Crippen MR) is 80.2 cm³/mol. The zero-order valence-electron chi connectivity index (χ0n) is 10.3. The maximum absolute atomic E-state index is 11.9. The number of nitrogens with zero attached hydrogens (tertiary/aromatic N) is 1. The number of aromatic nitrogens is 1. The molecule has 0 saturated carbocycles. The molecular formula is C13H11Cl2N3O2. The summed E-state index contributed by atoms with van der Waals surface area (Å²) in [7, 11) is 0. The van der Waals surface area contributed by atoms with Crippen LogP contribution < -0.4 is 16.6 Å². The smallest absolute Gasteiger partial charge is 0.251 e. The van der Waals surface area contributed by atoms with E-state index in [1.54, 1.807) is 12.1 Å². The van der Waals surface area contributed by atoms with Gasteiger partial charge in [-0.05, 0) is 24.3 Å². The summed E-state index contributed by atoms with van der Waals surface area (Å²) in [6.45, 7) is -0.160. The largest absolute Gasteiger partial charge is 0.398 e. The van der Waals surface area contributed by atoms with Gasteiger partial charge in [0.1, 0.15) is 6.54 Å². The standard InChI is InChI=1S/C13H11Cl2N3O2/c14-8-1-3-10(15)11(5-8)17-12(19)7-18-6-9(16)2-4-13(18)20/h1-6H,7,16H2,(H,17,19). The van der Waals surface area contributed by atoms with Crippen molar-refractivity contribution in [3.8, 4) is 0 Å². The molecule has 0 saturated heterocycles. The van der Waals surface area contributed by atoms with E-state index < -0.39 is 5.91 Å². The van der Waals surface area contributed by atoms with Gasteiger partial charge in [-0.25, -0.2) is 0 Å². The molecule has 104 valence electrons. The predicted octanol–water partition coefficient (Wildman–Crippen LogP) is 2.38. The molecule has 0 unspecified atom stereocenters. The summed E-state index contributed by atoms with van der Waals surface area (Å²) >= 11 is 11.8. The van der Waals surface area contributed by atoms with E-state index in [0.29, 0.717) is 21.4 Å². The molecule has 20 heavy (non-hydrogen) atoms. The number of nitrogen functional groups attached to an aromatic ring is 1. The van der Waals surface area contributed by atoms with E-state index in [1.807, 2.05) is 0 Å². The van der Waals surface area contributed by atoms with Crippen LogP contribution in [-0.2, 0) is 11.3 Å². The average molecular weight is 312 g/mol. The summed E-state index contributed by atoms with van der Waals surface area (Å²) in [4.78, 5) is 23.5. The number of carbonyl (C=O) groups is 1. The van der Waals surface area contributed by atoms with Crippen LogP contribution in [0.2, 0.25) is 10.0 Å². The van der Waals surface area contributed by atoms with E-state index in [1.165, 1.54) is 29.0 Å². The van der Waals surface area contributed by atoms with Crippen molar-refractivity contribution in [2.24, 2.45) is 0 Å². The van der Waals surface area contributed by atoms with Gasteiger partial charge < -0.3 is 15.6 Å². The van der Waals surface area contributed by atoms with E-state index in [0.717, 1.165) is 0 Å². The number of hydrogen-bond acceptors (Lipinski definition) is 3. The molecule has 3 N–H and O–H groups in total. The lowest BCUT2D eigenvalue weighted by Crippen LogP contribution is -2.27. The summed E-state index contributed by atoms with van der Waals surface area (Å²) in [5.74, 6) is -0.401. The van der Waals surface area contributed by atoms with E-state index in [9.17, 15) is 9.59 Å². The van der Waals surface area contributed by atoms with E-state index in [4.69, 9.17) is 28.9 Å². The lowest BCUT2D eigenvalue weighted by molar-refractivity contribution is -0.116. The highest BCUT2D eigenvalue weighted by atomic mass is 35.5. The molecule has 0 spiro atoms. The summed E-state index contributed by atoms with van der Waals surface area (Å²) < 4.78 is 1.21. The number of hydrogen-bond donors (Lipinski definition) is 2. The Kier molecular flexibility index (Phi) is 4.32. The van der Waals surface area contributed by atoms with Gasteiger partial charge in [0.05, 0.1) is 10.7 Å². The third-order valence-electron chi connectivity index (χ3n) is 2.52. The SMILES string of the molecule is Nc1ccc(=O)n(CC(=O)Nc2cc(Cl)ccc2Cl)c1. The Morgan fingerprint density at radius 3 is 2.75 bits per heavy atom. The van der Waals surface area contributed by atoms with Gasteiger partial charge >= 0.3 is 0 Å². The molecule has 0 aliphatic rings. The number of benzene rings is 1. The van der Waals surface area contributed by atoms with Crippen LogP contribution in [0.5, 0.6) is 0 Å². The number of halogens is 2. The van der Waals surface area contributed by atoms with Crippen molar-refractivity contribution in [3.63, 3.8) is 0 Å². The molecule has 0 aliphatic heterocycles. The van der Waals surface area contributed by atoms with Gasteiger partial charge in [0.15, 0.2) is 0 Å². The Bertz CT molecular complexity index is 713. The molecule has 0 aliphatic carbocycles. The third kappa shape index (κ3) is 3.53. The van der Waals surface area contributed by atoms with Crippen molar-refractivity contribution in [1.82, 2.24) is 4.57 Å². The summed E-state index contributed by atoms with van der Waals surface area (Å²) in [6, 6.07) is 7.50. The van der Waals surface area contributed by atoms with Crippen LogP contribution in [0.4, 0.5) is 11.4 Å². The van der Waals surface area contributed by atoms with Crippen LogP contribution in [0.25, 0.3) is 0 Å². The lowest BCUT2D eigenvalue weighted by atomic mass is 10.3. The van der Waals surface area contributed by atoms with Gasteiger partial charge in [0, 0.05) is 23.0 Å². The minimum atomic E-state index is -0.401. The van der Waals surface area contributed by atoms with Crippen molar-refractivity contribution in [2.45, 2.75) is 6.54 Å². The fourth-order valence-electron chi connectivity index (χ4n) is 1.61. The van der Waals surface area contributed by atoms with Gasteiger partial charge in [0.25, 0.3) is 5.56 Å². The molecule has 2 rings (SSSR count). The van der Waals surface area contributed by atoms with Crippen LogP contribution in [-0.4, -0.2) is 10.5 Å². The average Bonchev–Trinajstić information content (AvgIpc) is 2.38. The van der Waals surface area contributed by atoms with E-state index >= 15 is 0 Å². The second-order valence-electron chi connectivity index (χ2n) is 4.10. The quantitative estimate of drug-likeness (QED) is 0.913. The highest BCUT2D eigenvalue weighted by Gasteiger charge is 2.08. The van der Waals surface area contributed by atoms with Crippen LogP contribution in [0.1, 0.15) is 0 Å². The van der Waals surface area contributed by atoms with Crippen molar-refractivity contribution in [1.29, 1.82) is 0 Å². The first-order chi connectivity index (χ1) is 9.45. The number of nitrogens with one attached hydrogen (secondary N) is 1. The van der Waals surface area contributed by atoms with E-state index in [-0.39, 0.29) is 12.1 Å². The van der Waals surface area contributed by atoms with Gasteiger partial charge in [-0.3, -0.25) is 9.59 Å². The van der Waals surface area contributed by atoms with Crippen LogP contribution in [0, 0.1) is 0 Å². The van der Waals surface area contributed by atoms with Crippen molar-refractivity contribution < 1.29 is 4.79 Å². The molecule has 1 aromatic carbocycles. The zero-order valence-corrected chi connectivity index (χ0v) is 11.8. The Hall–Kier alpha value is -1.98.